The first-order valence-corrected chi connectivity index (χ1v) is 7.81. The van der Waals surface area contributed by atoms with E-state index in [4.69, 9.17) is 4.74 Å². The molecule has 0 spiro atoms. The molecule has 0 aromatic heterocycles. The number of anilines is 1. The second-order valence-electron chi connectivity index (χ2n) is 5.83. The zero-order valence-electron chi connectivity index (χ0n) is 11.5. The summed E-state index contributed by atoms with van der Waals surface area (Å²) in [6.07, 6.45) is 5.13. The van der Waals surface area contributed by atoms with Crippen molar-refractivity contribution in [3.05, 3.63) is 34.8 Å². The summed E-state index contributed by atoms with van der Waals surface area (Å²) in [6, 6.07) is 5.37. The van der Waals surface area contributed by atoms with Gasteiger partial charge in [-0.1, -0.05) is 28.1 Å². The van der Waals surface area contributed by atoms with E-state index in [-0.39, 0.29) is 35.5 Å². The highest BCUT2D eigenvalue weighted by molar-refractivity contribution is 9.10. The summed E-state index contributed by atoms with van der Waals surface area (Å²) in [6.45, 7) is 0. The van der Waals surface area contributed by atoms with Crippen molar-refractivity contribution in [1.82, 2.24) is 0 Å². The smallest absolute Gasteiger partial charge is 0.238 e. The fraction of sp³-hybridized carbons (Fsp3) is 0.375. The van der Waals surface area contributed by atoms with Crippen LogP contribution < -0.4 is 9.64 Å². The van der Waals surface area contributed by atoms with Crippen molar-refractivity contribution in [2.24, 2.45) is 23.7 Å². The van der Waals surface area contributed by atoms with Gasteiger partial charge in [0, 0.05) is 4.47 Å². The average Bonchev–Trinajstić information content (AvgIpc) is 3.13. The number of benzene rings is 1. The molecule has 21 heavy (non-hydrogen) atoms. The van der Waals surface area contributed by atoms with Crippen LogP contribution in [0.5, 0.6) is 5.75 Å². The van der Waals surface area contributed by atoms with Gasteiger partial charge in [-0.3, -0.25) is 9.59 Å². The Hall–Kier alpha value is -1.62. The lowest BCUT2D eigenvalue weighted by atomic mass is 9.85. The molecule has 108 valence electrons. The van der Waals surface area contributed by atoms with Crippen molar-refractivity contribution in [2.45, 2.75) is 6.42 Å². The molecule has 0 radical (unpaired) electrons. The number of fused-ring (bicyclic) bond motifs is 5. The highest BCUT2D eigenvalue weighted by Gasteiger charge is 2.59. The molecule has 1 heterocycles. The molecule has 3 aliphatic rings. The molecule has 2 aliphatic carbocycles. The number of hydrogen-bond acceptors (Lipinski definition) is 3. The Labute approximate surface area is 130 Å². The van der Waals surface area contributed by atoms with E-state index in [0.29, 0.717) is 11.4 Å². The van der Waals surface area contributed by atoms with E-state index in [0.717, 1.165) is 10.9 Å². The van der Waals surface area contributed by atoms with Gasteiger partial charge < -0.3 is 4.74 Å². The monoisotopic (exact) mass is 347 g/mol. The molecule has 2 bridgehead atoms. The van der Waals surface area contributed by atoms with Crippen molar-refractivity contribution in [2.75, 3.05) is 12.0 Å². The zero-order chi connectivity index (χ0) is 14.7. The average molecular weight is 348 g/mol. The van der Waals surface area contributed by atoms with Crippen molar-refractivity contribution < 1.29 is 14.3 Å². The molecule has 0 unspecified atom stereocenters. The Kier molecular flexibility index (Phi) is 2.76. The second kappa shape index (κ2) is 4.44. The first kappa shape index (κ1) is 13.1. The standard InChI is InChI=1S/C16H14BrNO3/c1-21-12-5-4-10(17)7-11(12)18-15(19)13-8-2-3-9(6-8)14(13)16(18)20/h2-5,7-9,13-14H,6H2,1H3/t8-,9-,13+,14+/m0/s1. The molecule has 0 N–H and O–H groups in total. The van der Waals surface area contributed by atoms with E-state index in [9.17, 15) is 9.59 Å². The second-order valence-corrected chi connectivity index (χ2v) is 6.74. The highest BCUT2D eigenvalue weighted by Crippen LogP contribution is 2.54. The van der Waals surface area contributed by atoms with Gasteiger partial charge in [-0.05, 0) is 36.5 Å². The van der Waals surface area contributed by atoms with Crippen LogP contribution in [0.25, 0.3) is 0 Å². The minimum Gasteiger partial charge on any atom is -0.495 e. The zero-order valence-corrected chi connectivity index (χ0v) is 13.0. The van der Waals surface area contributed by atoms with Crippen LogP contribution in [-0.4, -0.2) is 18.9 Å². The maximum atomic E-state index is 12.8. The number of halogens is 1. The molecule has 4 nitrogen and oxygen atoms in total. The minimum absolute atomic E-state index is 0.0850. The maximum absolute atomic E-state index is 12.8. The molecule has 1 aliphatic heterocycles. The van der Waals surface area contributed by atoms with Gasteiger partial charge in [-0.25, -0.2) is 4.90 Å². The fourth-order valence-electron chi connectivity index (χ4n) is 3.98. The third-order valence-corrected chi connectivity index (χ3v) is 5.35. The van der Waals surface area contributed by atoms with Gasteiger partial charge in [0.15, 0.2) is 0 Å². The predicted molar refractivity (Wildman–Crippen MR) is 80.9 cm³/mol. The Morgan fingerprint density at radius 3 is 2.33 bits per heavy atom. The number of allylic oxidation sites excluding steroid dienone is 2. The molecule has 1 saturated heterocycles. The first-order valence-electron chi connectivity index (χ1n) is 7.01. The molecular formula is C16H14BrNO3. The number of ether oxygens (including phenoxy) is 1. The summed E-state index contributed by atoms with van der Waals surface area (Å²) in [4.78, 5) is 26.9. The number of carbonyl (C=O) groups excluding carboxylic acids is 2. The lowest BCUT2D eigenvalue weighted by Crippen LogP contribution is -2.33. The number of nitrogens with zero attached hydrogens (tertiary/aromatic N) is 1. The summed E-state index contributed by atoms with van der Waals surface area (Å²) in [5.41, 5.74) is 0.538. The van der Waals surface area contributed by atoms with E-state index < -0.39 is 0 Å². The molecule has 4 rings (SSSR count). The SMILES string of the molecule is COc1ccc(Br)cc1N1C(=O)[C@H]2[C@H](C1=O)[C@H]1C=C[C@H]2C1. The lowest BCUT2D eigenvalue weighted by Gasteiger charge is -2.20. The Morgan fingerprint density at radius 2 is 1.76 bits per heavy atom. The van der Waals surface area contributed by atoms with Crippen molar-refractivity contribution in [3.63, 3.8) is 0 Å². The minimum atomic E-state index is -0.184. The van der Waals surface area contributed by atoms with E-state index in [1.807, 2.05) is 6.07 Å². The molecular weight excluding hydrogens is 334 g/mol. The van der Waals surface area contributed by atoms with E-state index in [1.54, 1.807) is 19.2 Å². The predicted octanol–water partition coefficient (Wildman–Crippen LogP) is 2.77. The summed E-state index contributed by atoms with van der Waals surface area (Å²) >= 11 is 3.39. The maximum Gasteiger partial charge on any atom is 0.238 e. The van der Waals surface area contributed by atoms with Crippen LogP contribution in [0, 0.1) is 23.7 Å². The van der Waals surface area contributed by atoms with Crippen LogP contribution in [0.3, 0.4) is 0 Å². The van der Waals surface area contributed by atoms with Crippen LogP contribution in [-0.2, 0) is 9.59 Å². The first-order chi connectivity index (χ1) is 10.1. The fourth-order valence-corrected chi connectivity index (χ4v) is 4.33. The van der Waals surface area contributed by atoms with Gasteiger partial charge in [0.25, 0.3) is 0 Å². The molecule has 1 aromatic rings. The number of amides is 2. The summed E-state index contributed by atoms with van der Waals surface area (Å²) < 4.78 is 6.13. The van der Waals surface area contributed by atoms with Gasteiger partial charge >= 0.3 is 0 Å². The normalized spacial score (nSPS) is 33.0. The summed E-state index contributed by atoms with van der Waals surface area (Å²) in [5, 5.41) is 0. The van der Waals surface area contributed by atoms with E-state index in [2.05, 4.69) is 28.1 Å². The number of carbonyl (C=O) groups is 2. The molecule has 5 heteroatoms. The number of imide groups is 1. The van der Waals surface area contributed by atoms with Crippen LogP contribution in [0.15, 0.2) is 34.8 Å². The Morgan fingerprint density at radius 1 is 1.14 bits per heavy atom. The highest BCUT2D eigenvalue weighted by atomic mass is 79.9. The molecule has 1 aromatic carbocycles. The van der Waals surface area contributed by atoms with Gasteiger partial charge in [-0.15, -0.1) is 0 Å². The Bertz CT molecular complexity index is 654. The Balaban J connectivity index is 1.79. The van der Waals surface area contributed by atoms with E-state index in [1.165, 1.54) is 4.90 Å². The molecule has 1 saturated carbocycles. The van der Waals surface area contributed by atoms with Crippen LogP contribution in [0.2, 0.25) is 0 Å². The quantitative estimate of drug-likeness (QED) is 0.610. The van der Waals surface area contributed by atoms with Crippen molar-refractivity contribution in [1.29, 1.82) is 0 Å². The summed E-state index contributed by atoms with van der Waals surface area (Å²) in [7, 11) is 1.55. The van der Waals surface area contributed by atoms with E-state index >= 15 is 0 Å². The third-order valence-electron chi connectivity index (χ3n) is 4.85. The molecule has 2 fully saturated rings. The number of methoxy groups -OCH3 is 1. The van der Waals surface area contributed by atoms with Gasteiger partial charge in [-0.2, -0.15) is 0 Å². The number of rotatable bonds is 2. The largest absolute Gasteiger partial charge is 0.495 e. The van der Waals surface area contributed by atoms with Crippen molar-refractivity contribution in [3.8, 4) is 5.75 Å². The molecule has 2 amide bonds. The van der Waals surface area contributed by atoms with Crippen LogP contribution in [0.1, 0.15) is 6.42 Å². The van der Waals surface area contributed by atoms with Crippen LogP contribution >= 0.6 is 15.9 Å². The molecule has 4 atom stereocenters. The lowest BCUT2D eigenvalue weighted by molar-refractivity contribution is -0.123. The number of hydrogen-bond donors (Lipinski definition) is 0. The van der Waals surface area contributed by atoms with Crippen molar-refractivity contribution >= 4 is 33.4 Å². The third kappa shape index (κ3) is 1.67. The van der Waals surface area contributed by atoms with Gasteiger partial charge in [0.2, 0.25) is 11.8 Å². The van der Waals surface area contributed by atoms with Gasteiger partial charge in [0.1, 0.15) is 5.75 Å². The van der Waals surface area contributed by atoms with Crippen LogP contribution in [0.4, 0.5) is 5.69 Å². The topological polar surface area (TPSA) is 46.6 Å². The summed E-state index contributed by atoms with van der Waals surface area (Å²) in [5.74, 6) is 0.447. The van der Waals surface area contributed by atoms with Gasteiger partial charge in [0.05, 0.1) is 24.6 Å².